The van der Waals surface area contributed by atoms with Gasteiger partial charge in [0.1, 0.15) is 11.2 Å². The maximum absolute atomic E-state index is 15.0. The molecule has 13 heteroatoms. The first-order valence-corrected chi connectivity index (χ1v) is 12.1. The SMILES string of the molecule is COc1nc(N[C@@H]2CCN(C3COC3)CC2(F)F)nn2ccc(-c3ccc(N=N)c(NCCCF)c3)c12. The zero-order chi connectivity index (χ0) is 26.0. The summed E-state index contributed by atoms with van der Waals surface area (Å²) in [6, 6.07) is 6.07. The van der Waals surface area contributed by atoms with Crippen LogP contribution in [-0.2, 0) is 4.74 Å². The molecular weight excluding hydrogens is 489 g/mol. The topological polar surface area (TPSA) is 112 Å². The molecule has 10 nitrogen and oxygen atoms in total. The molecule has 2 aromatic heterocycles. The van der Waals surface area contributed by atoms with E-state index in [9.17, 15) is 13.2 Å². The summed E-state index contributed by atoms with van der Waals surface area (Å²) in [6.45, 7) is 1.15. The summed E-state index contributed by atoms with van der Waals surface area (Å²) >= 11 is 0. The third-order valence-corrected chi connectivity index (χ3v) is 6.80. The molecule has 0 saturated carbocycles. The van der Waals surface area contributed by atoms with E-state index in [0.717, 1.165) is 11.1 Å². The summed E-state index contributed by atoms with van der Waals surface area (Å²) in [5.41, 5.74) is 10.5. The number of hydrogen-bond donors (Lipinski definition) is 3. The first-order chi connectivity index (χ1) is 17.9. The van der Waals surface area contributed by atoms with Crippen molar-refractivity contribution >= 4 is 22.8 Å². The average Bonchev–Trinajstić information content (AvgIpc) is 3.28. The standard InChI is InChI=1S/C24H29F3N8O2/c1-36-22-21-17(15-3-4-18(32-28)19(11-15)29-8-2-7-25)5-10-35(21)33-23(31-22)30-20-6-9-34(14-24(20,26)27)16-12-37-13-16/h3-5,10-11,16,20,28-29H,2,6-9,12-14H2,1H3,(H,30,33)/t20-/m1/s1. The molecule has 2 saturated heterocycles. The third-order valence-electron chi connectivity index (χ3n) is 6.80. The molecule has 0 spiro atoms. The predicted octanol–water partition coefficient (Wildman–Crippen LogP) is 4.36. The molecule has 0 amide bonds. The number of benzene rings is 1. The molecule has 3 N–H and O–H groups in total. The van der Waals surface area contributed by atoms with E-state index >= 15 is 0 Å². The Morgan fingerprint density at radius 3 is 2.81 bits per heavy atom. The zero-order valence-corrected chi connectivity index (χ0v) is 20.4. The van der Waals surface area contributed by atoms with Crippen LogP contribution in [-0.4, -0.2) is 84.1 Å². The number of ether oxygens (including phenoxy) is 2. The van der Waals surface area contributed by atoms with Crippen molar-refractivity contribution in [1.29, 1.82) is 5.53 Å². The third kappa shape index (κ3) is 5.05. The fourth-order valence-electron chi connectivity index (χ4n) is 4.71. The Labute approximate surface area is 211 Å². The minimum absolute atomic E-state index is 0.0496. The van der Waals surface area contributed by atoms with Crippen LogP contribution in [0.1, 0.15) is 12.8 Å². The van der Waals surface area contributed by atoms with Gasteiger partial charge in [-0.05, 0) is 36.6 Å². The van der Waals surface area contributed by atoms with Crippen LogP contribution >= 0.6 is 0 Å². The molecule has 0 unspecified atom stereocenters. The normalized spacial score (nSPS) is 19.9. The number of nitrogens with one attached hydrogen (secondary N) is 3. The Balaban J connectivity index is 1.41. The summed E-state index contributed by atoms with van der Waals surface area (Å²) in [6.07, 6.45) is 2.29. The van der Waals surface area contributed by atoms with E-state index < -0.39 is 18.6 Å². The molecule has 2 aliphatic heterocycles. The van der Waals surface area contributed by atoms with Crippen molar-refractivity contribution in [2.24, 2.45) is 5.11 Å². The molecular formula is C24H29F3N8O2. The van der Waals surface area contributed by atoms with E-state index in [0.29, 0.717) is 49.6 Å². The van der Waals surface area contributed by atoms with Crippen LogP contribution < -0.4 is 15.4 Å². The van der Waals surface area contributed by atoms with Crippen LogP contribution in [0.15, 0.2) is 35.6 Å². The smallest absolute Gasteiger partial charge is 0.280 e. The highest BCUT2D eigenvalue weighted by atomic mass is 19.3. The first kappa shape index (κ1) is 25.2. The molecule has 2 fully saturated rings. The molecule has 0 bridgehead atoms. The van der Waals surface area contributed by atoms with Gasteiger partial charge in [0.2, 0.25) is 11.8 Å². The monoisotopic (exact) mass is 518 g/mol. The molecule has 5 rings (SSSR count). The van der Waals surface area contributed by atoms with Crippen molar-refractivity contribution in [3.8, 4) is 17.0 Å². The minimum Gasteiger partial charge on any atom is -0.479 e. The van der Waals surface area contributed by atoms with Crippen LogP contribution in [0.3, 0.4) is 0 Å². The van der Waals surface area contributed by atoms with Crippen LogP contribution in [0.25, 0.3) is 16.6 Å². The van der Waals surface area contributed by atoms with Gasteiger partial charge in [0, 0.05) is 24.8 Å². The van der Waals surface area contributed by atoms with Crippen molar-refractivity contribution in [3.63, 3.8) is 0 Å². The zero-order valence-electron chi connectivity index (χ0n) is 20.4. The molecule has 3 aromatic rings. The van der Waals surface area contributed by atoms with Crippen molar-refractivity contribution in [3.05, 3.63) is 30.5 Å². The maximum atomic E-state index is 15.0. The lowest BCUT2D eigenvalue weighted by molar-refractivity contribution is -0.131. The van der Waals surface area contributed by atoms with E-state index in [2.05, 4.69) is 25.8 Å². The number of halogens is 3. The van der Waals surface area contributed by atoms with Gasteiger partial charge < -0.3 is 20.1 Å². The molecule has 4 heterocycles. The lowest BCUT2D eigenvalue weighted by Crippen LogP contribution is -2.61. The quantitative estimate of drug-likeness (QED) is 0.270. The number of nitrogens with zero attached hydrogens (tertiary/aromatic N) is 5. The summed E-state index contributed by atoms with van der Waals surface area (Å²) in [4.78, 5) is 6.18. The molecule has 1 atom stereocenters. The van der Waals surface area contributed by atoms with Gasteiger partial charge in [0.25, 0.3) is 5.92 Å². The summed E-state index contributed by atoms with van der Waals surface area (Å²) < 4.78 is 54.7. The van der Waals surface area contributed by atoms with Crippen molar-refractivity contribution < 1.29 is 22.6 Å². The number of methoxy groups -OCH3 is 1. The Morgan fingerprint density at radius 2 is 2.14 bits per heavy atom. The minimum atomic E-state index is -2.96. The van der Waals surface area contributed by atoms with Crippen molar-refractivity contribution in [2.75, 3.05) is 57.3 Å². The van der Waals surface area contributed by atoms with Gasteiger partial charge in [-0.1, -0.05) is 6.07 Å². The van der Waals surface area contributed by atoms with Crippen molar-refractivity contribution in [1.82, 2.24) is 19.5 Å². The molecule has 0 radical (unpaired) electrons. The number of piperidine rings is 1. The highest BCUT2D eigenvalue weighted by molar-refractivity contribution is 5.87. The van der Waals surface area contributed by atoms with Crippen LogP contribution in [0.2, 0.25) is 0 Å². The van der Waals surface area contributed by atoms with Crippen molar-refractivity contribution in [2.45, 2.75) is 30.8 Å². The second kappa shape index (κ2) is 10.5. The molecule has 198 valence electrons. The van der Waals surface area contributed by atoms with Gasteiger partial charge in [0.15, 0.2) is 0 Å². The summed E-state index contributed by atoms with van der Waals surface area (Å²) in [5, 5.41) is 13.9. The number of fused-ring (bicyclic) bond motifs is 1. The second-order valence-corrected chi connectivity index (χ2v) is 9.19. The number of aromatic nitrogens is 3. The Morgan fingerprint density at radius 1 is 1.30 bits per heavy atom. The number of rotatable bonds is 10. The Kier molecular flexibility index (Phi) is 7.15. The van der Waals surface area contributed by atoms with E-state index in [1.54, 1.807) is 27.7 Å². The van der Waals surface area contributed by atoms with E-state index in [-0.39, 0.29) is 30.8 Å². The summed E-state index contributed by atoms with van der Waals surface area (Å²) in [7, 11) is 1.46. The van der Waals surface area contributed by atoms with Gasteiger partial charge in [-0.25, -0.2) is 18.8 Å². The average molecular weight is 519 g/mol. The van der Waals surface area contributed by atoms with Gasteiger partial charge in [-0.15, -0.1) is 5.10 Å². The number of alkyl halides is 3. The Bertz CT molecular complexity index is 1270. The van der Waals surface area contributed by atoms with Gasteiger partial charge in [-0.2, -0.15) is 10.1 Å². The van der Waals surface area contributed by atoms with E-state index in [1.807, 2.05) is 12.1 Å². The maximum Gasteiger partial charge on any atom is 0.280 e. The number of anilines is 2. The summed E-state index contributed by atoms with van der Waals surface area (Å²) in [5.74, 6) is -2.68. The van der Waals surface area contributed by atoms with Gasteiger partial charge in [-0.3, -0.25) is 9.29 Å². The van der Waals surface area contributed by atoms with Gasteiger partial charge >= 0.3 is 0 Å². The highest BCUT2D eigenvalue weighted by Gasteiger charge is 2.47. The highest BCUT2D eigenvalue weighted by Crippen LogP contribution is 2.37. The number of likely N-dealkylation sites (tertiary alicyclic amines) is 1. The molecule has 2 aliphatic rings. The lowest BCUT2D eigenvalue weighted by Gasteiger charge is -2.44. The van der Waals surface area contributed by atoms with Crippen LogP contribution in [0.5, 0.6) is 5.88 Å². The molecule has 37 heavy (non-hydrogen) atoms. The van der Waals surface area contributed by atoms with E-state index in [4.69, 9.17) is 15.0 Å². The fourth-order valence-corrected chi connectivity index (χ4v) is 4.71. The lowest BCUT2D eigenvalue weighted by atomic mass is 9.98. The first-order valence-electron chi connectivity index (χ1n) is 12.1. The molecule has 1 aromatic carbocycles. The second-order valence-electron chi connectivity index (χ2n) is 9.19. The fraction of sp³-hybridized carbons (Fsp3) is 0.500. The largest absolute Gasteiger partial charge is 0.479 e. The van der Waals surface area contributed by atoms with Crippen LogP contribution in [0.4, 0.5) is 30.5 Å². The van der Waals surface area contributed by atoms with Crippen LogP contribution in [0, 0.1) is 5.53 Å². The van der Waals surface area contributed by atoms with E-state index in [1.165, 1.54) is 7.11 Å². The van der Waals surface area contributed by atoms with Gasteiger partial charge in [0.05, 0.1) is 51.3 Å². The number of hydrogen-bond acceptors (Lipinski definition) is 9. The molecule has 0 aliphatic carbocycles. The predicted molar refractivity (Wildman–Crippen MR) is 132 cm³/mol. The Hall–Kier alpha value is -3.45.